The van der Waals surface area contributed by atoms with Crippen molar-refractivity contribution >= 4 is 6.08 Å². The fourth-order valence-corrected chi connectivity index (χ4v) is 2.66. The van der Waals surface area contributed by atoms with Gasteiger partial charge in [0.2, 0.25) is 0 Å². The summed E-state index contributed by atoms with van der Waals surface area (Å²) in [7, 11) is 0. The molecule has 0 atom stereocenters. The molecular formula is C15H23NO. The van der Waals surface area contributed by atoms with Gasteiger partial charge in [0.1, 0.15) is 11.5 Å². The molecule has 1 aromatic heterocycles. The monoisotopic (exact) mass is 233 g/mol. The summed E-state index contributed by atoms with van der Waals surface area (Å²) in [5, 5.41) is 0. The van der Waals surface area contributed by atoms with Crippen LogP contribution < -0.4 is 5.73 Å². The third-order valence-electron chi connectivity index (χ3n) is 3.72. The van der Waals surface area contributed by atoms with E-state index in [1.54, 1.807) is 0 Å². The van der Waals surface area contributed by atoms with Gasteiger partial charge in [-0.1, -0.05) is 26.2 Å². The lowest BCUT2D eigenvalue weighted by Gasteiger charge is -2.23. The number of rotatable bonds is 4. The smallest absolute Gasteiger partial charge is 0.127 e. The van der Waals surface area contributed by atoms with E-state index >= 15 is 0 Å². The summed E-state index contributed by atoms with van der Waals surface area (Å²) in [4.78, 5) is 0. The summed E-state index contributed by atoms with van der Waals surface area (Å²) in [6.07, 6.45) is 9.79. The number of aryl methyl sites for hydroxylation is 1. The third-order valence-corrected chi connectivity index (χ3v) is 3.72. The molecule has 1 aromatic rings. The molecule has 0 amide bonds. The van der Waals surface area contributed by atoms with Crippen LogP contribution in [0.3, 0.4) is 0 Å². The van der Waals surface area contributed by atoms with Gasteiger partial charge in [-0.05, 0) is 42.5 Å². The van der Waals surface area contributed by atoms with Crippen LogP contribution in [0.1, 0.15) is 50.5 Å². The second kappa shape index (κ2) is 6.06. The molecule has 2 nitrogen and oxygen atoms in total. The summed E-state index contributed by atoms with van der Waals surface area (Å²) in [5.41, 5.74) is 7.24. The van der Waals surface area contributed by atoms with Gasteiger partial charge in [0.25, 0.3) is 0 Å². The van der Waals surface area contributed by atoms with E-state index in [0.717, 1.165) is 17.9 Å². The van der Waals surface area contributed by atoms with Crippen LogP contribution in [-0.4, -0.2) is 6.54 Å². The minimum atomic E-state index is 0.660. The lowest BCUT2D eigenvalue weighted by Crippen LogP contribution is -2.15. The topological polar surface area (TPSA) is 39.2 Å². The Kier molecular flexibility index (Phi) is 4.43. The zero-order valence-corrected chi connectivity index (χ0v) is 10.7. The van der Waals surface area contributed by atoms with Crippen LogP contribution in [0.25, 0.3) is 6.08 Å². The lowest BCUT2D eigenvalue weighted by atomic mass is 9.83. The maximum absolute atomic E-state index is 5.88. The van der Waals surface area contributed by atoms with Gasteiger partial charge in [0, 0.05) is 13.0 Å². The maximum Gasteiger partial charge on any atom is 0.127 e. The fraction of sp³-hybridized carbons (Fsp3) is 0.600. The Morgan fingerprint density at radius 1 is 1.35 bits per heavy atom. The molecule has 0 aromatic carbocycles. The zero-order valence-electron chi connectivity index (χ0n) is 10.7. The van der Waals surface area contributed by atoms with Crippen LogP contribution in [0.4, 0.5) is 0 Å². The highest BCUT2D eigenvalue weighted by Gasteiger charge is 2.17. The van der Waals surface area contributed by atoms with Gasteiger partial charge in [0.05, 0.1) is 0 Å². The van der Waals surface area contributed by atoms with E-state index < -0.39 is 0 Å². The Labute approximate surface area is 104 Å². The Hall–Kier alpha value is -1.02. The first-order valence-electron chi connectivity index (χ1n) is 6.82. The number of hydrogen-bond donors (Lipinski definition) is 1. The highest BCUT2D eigenvalue weighted by molar-refractivity contribution is 5.49. The Bertz CT molecular complexity index is 372. The molecular weight excluding hydrogens is 210 g/mol. The Morgan fingerprint density at radius 3 is 2.71 bits per heavy atom. The number of furan rings is 1. The van der Waals surface area contributed by atoms with Gasteiger partial charge in [-0.25, -0.2) is 0 Å². The van der Waals surface area contributed by atoms with Crippen molar-refractivity contribution in [3.8, 4) is 0 Å². The Morgan fingerprint density at radius 2 is 2.12 bits per heavy atom. The normalized spacial score (nSPS) is 18.6. The summed E-state index contributed by atoms with van der Waals surface area (Å²) in [6, 6.07) is 4.11. The summed E-state index contributed by atoms with van der Waals surface area (Å²) >= 11 is 0. The largest absolute Gasteiger partial charge is 0.462 e. The van der Waals surface area contributed by atoms with Crippen LogP contribution in [0, 0.1) is 5.92 Å². The first-order chi connectivity index (χ1) is 8.33. The first-order valence-corrected chi connectivity index (χ1v) is 6.82. The van der Waals surface area contributed by atoms with Gasteiger partial charge < -0.3 is 10.2 Å². The van der Waals surface area contributed by atoms with Crippen molar-refractivity contribution in [1.29, 1.82) is 0 Å². The molecule has 2 heteroatoms. The average molecular weight is 233 g/mol. The fourth-order valence-electron chi connectivity index (χ4n) is 2.66. The first kappa shape index (κ1) is 12.4. The molecule has 0 saturated heterocycles. The van der Waals surface area contributed by atoms with Crippen molar-refractivity contribution in [2.75, 3.05) is 6.54 Å². The van der Waals surface area contributed by atoms with Gasteiger partial charge in [-0.3, -0.25) is 0 Å². The van der Waals surface area contributed by atoms with Gasteiger partial charge in [-0.2, -0.15) is 0 Å². The summed E-state index contributed by atoms with van der Waals surface area (Å²) in [5.74, 6) is 2.70. The van der Waals surface area contributed by atoms with E-state index in [-0.39, 0.29) is 0 Å². The second-order valence-corrected chi connectivity index (χ2v) is 4.92. The van der Waals surface area contributed by atoms with Crippen molar-refractivity contribution in [3.63, 3.8) is 0 Å². The Balaban J connectivity index is 2.10. The molecule has 0 bridgehead atoms. The quantitative estimate of drug-likeness (QED) is 0.860. The van der Waals surface area contributed by atoms with Crippen molar-refractivity contribution in [2.24, 2.45) is 11.7 Å². The molecule has 1 aliphatic carbocycles. The van der Waals surface area contributed by atoms with Crippen molar-refractivity contribution in [3.05, 3.63) is 29.2 Å². The molecule has 2 N–H and O–H groups in total. The van der Waals surface area contributed by atoms with Crippen LogP contribution in [0.2, 0.25) is 0 Å². The summed E-state index contributed by atoms with van der Waals surface area (Å²) < 4.78 is 5.72. The lowest BCUT2D eigenvalue weighted by molar-refractivity contribution is 0.400. The van der Waals surface area contributed by atoms with Crippen molar-refractivity contribution in [2.45, 2.75) is 45.4 Å². The van der Waals surface area contributed by atoms with E-state index in [9.17, 15) is 0 Å². The van der Waals surface area contributed by atoms with Gasteiger partial charge >= 0.3 is 0 Å². The predicted molar refractivity (Wildman–Crippen MR) is 71.7 cm³/mol. The van der Waals surface area contributed by atoms with Gasteiger partial charge in [-0.15, -0.1) is 0 Å². The highest BCUT2D eigenvalue weighted by atomic mass is 16.3. The van der Waals surface area contributed by atoms with Crippen LogP contribution in [0.15, 0.2) is 22.1 Å². The minimum absolute atomic E-state index is 0.660. The molecule has 1 heterocycles. The minimum Gasteiger partial charge on any atom is -0.462 e. The number of nitrogens with two attached hydrogens (primary N) is 1. The van der Waals surface area contributed by atoms with E-state index in [2.05, 4.69) is 25.1 Å². The molecule has 0 radical (unpaired) electrons. The van der Waals surface area contributed by atoms with Crippen LogP contribution in [0.5, 0.6) is 0 Å². The predicted octanol–water partition coefficient (Wildman–Crippen LogP) is 3.76. The maximum atomic E-state index is 5.88. The molecule has 0 aliphatic heterocycles. The second-order valence-electron chi connectivity index (χ2n) is 4.92. The molecule has 17 heavy (non-hydrogen) atoms. The average Bonchev–Trinajstić information content (AvgIpc) is 2.84. The third kappa shape index (κ3) is 3.22. The highest BCUT2D eigenvalue weighted by Crippen LogP contribution is 2.30. The van der Waals surface area contributed by atoms with E-state index in [1.807, 2.05) is 0 Å². The molecule has 1 saturated carbocycles. The molecule has 94 valence electrons. The molecule has 2 rings (SSSR count). The van der Waals surface area contributed by atoms with Crippen LogP contribution >= 0.6 is 0 Å². The van der Waals surface area contributed by atoms with Gasteiger partial charge in [0.15, 0.2) is 0 Å². The number of hydrogen-bond acceptors (Lipinski definition) is 2. The van der Waals surface area contributed by atoms with E-state index in [0.29, 0.717) is 12.5 Å². The SMILES string of the molecule is CCc1ccc(C=C(CN)C2CCCCC2)o1. The molecule has 0 unspecified atom stereocenters. The molecule has 1 aliphatic rings. The summed E-state index contributed by atoms with van der Waals surface area (Å²) in [6.45, 7) is 2.77. The van der Waals surface area contributed by atoms with Crippen LogP contribution in [-0.2, 0) is 6.42 Å². The molecule has 0 spiro atoms. The zero-order chi connectivity index (χ0) is 12.1. The van der Waals surface area contributed by atoms with E-state index in [1.165, 1.54) is 37.7 Å². The standard InChI is InChI=1S/C15H23NO/c1-2-14-8-9-15(17-14)10-13(11-16)12-6-4-3-5-7-12/h8-10,12H,2-7,11,16H2,1H3. The van der Waals surface area contributed by atoms with E-state index in [4.69, 9.17) is 10.2 Å². The van der Waals surface area contributed by atoms with Crippen molar-refractivity contribution in [1.82, 2.24) is 0 Å². The van der Waals surface area contributed by atoms with Crippen molar-refractivity contribution < 1.29 is 4.42 Å². The molecule has 1 fully saturated rings.